The molecule has 2 aromatic rings. The molecule has 1 aromatic heterocycles. The number of halogens is 1. The van der Waals surface area contributed by atoms with Gasteiger partial charge in [0.05, 0.1) is 6.54 Å². The van der Waals surface area contributed by atoms with Crippen molar-refractivity contribution in [3.8, 4) is 11.4 Å². The Morgan fingerprint density at radius 2 is 2.00 bits per heavy atom. The maximum atomic E-state index is 11.9. The second kappa shape index (κ2) is 5.53. The van der Waals surface area contributed by atoms with Gasteiger partial charge in [-0.05, 0) is 25.0 Å². The van der Waals surface area contributed by atoms with E-state index in [1.165, 1.54) is 0 Å². The molecule has 22 heavy (non-hydrogen) atoms. The van der Waals surface area contributed by atoms with E-state index in [9.17, 15) is 9.59 Å². The van der Waals surface area contributed by atoms with E-state index in [2.05, 4.69) is 36.4 Å². The van der Waals surface area contributed by atoms with Crippen molar-refractivity contribution < 1.29 is 14.7 Å². The predicted molar refractivity (Wildman–Crippen MR) is 80.7 cm³/mol. The smallest absolute Gasteiger partial charge is 0.319 e. The number of amides is 1. The normalized spacial score (nSPS) is 15.3. The lowest BCUT2D eigenvalue weighted by atomic mass is 10.1. The van der Waals surface area contributed by atoms with E-state index in [0.717, 1.165) is 10.0 Å². The molecule has 0 spiro atoms. The lowest BCUT2D eigenvalue weighted by Gasteiger charge is -2.09. The van der Waals surface area contributed by atoms with Gasteiger partial charge in [0, 0.05) is 10.0 Å². The van der Waals surface area contributed by atoms with Gasteiger partial charge in [0.1, 0.15) is 11.2 Å². The number of carboxylic acids is 1. The minimum Gasteiger partial charge on any atom is -0.480 e. The van der Waals surface area contributed by atoms with E-state index in [1.807, 2.05) is 24.3 Å². The third-order valence-electron chi connectivity index (χ3n) is 3.64. The Morgan fingerprint density at radius 1 is 1.32 bits per heavy atom. The van der Waals surface area contributed by atoms with Crippen LogP contribution in [0.15, 0.2) is 28.7 Å². The standard InChI is InChI=1S/C14H13BrN4O3/c15-9-3-1-8(2-4-9)11-17-10(18-19-11)7-16-12(20)14(5-6-14)13(21)22/h1-4H,5-7H2,(H,16,20)(H,21,22)(H,17,18,19). The average molecular weight is 365 g/mol. The van der Waals surface area contributed by atoms with Crippen LogP contribution in [0, 0.1) is 5.41 Å². The third-order valence-corrected chi connectivity index (χ3v) is 4.17. The van der Waals surface area contributed by atoms with Crippen molar-refractivity contribution in [2.24, 2.45) is 5.41 Å². The lowest BCUT2D eigenvalue weighted by Crippen LogP contribution is -2.36. The number of aromatic nitrogens is 3. The summed E-state index contributed by atoms with van der Waals surface area (Å²) >= 11 is 3.36. The number of hydrogen-bond donors (Lipinski definition) is 3. The predicted octanol–water partition coefficient (Wildman–Crippen LogP) is 1.72. The summed E-state index contributed by atoms with van der Waals surface area (Å²) in [6.45, 7) is 0.122. The van der Waals surface area contributed by atoms with Crippen molar-refractivity contribution in [2.75, 3.05) is 0 Å². The van der Waals surface area contributed by atoms with Gasteiger partial charge in [0.2, 0.25) is 5.91 Å². The van der Waals surface area contributed by atoms with Gasteiger partial charge in [0.15, 0.2) is 5.82 Å². The van der Waals surface area contributed by atoms with Crippen LogP contribution in [0.3, 0.4) is 0 Å². The molecule has 8 heteroatoms. The summed E-state index contributed by atoms with van der Waals surface area (Å²) in [4.78, 5) is 27.2. The van der Waals surface area contributed by atoms with Gasteiger partial charge in [-0.1, -0.05) is 28.1 Å². The maximum absolute atomic E-state index is 11.9. The summed E-state index contributed by atoms with van der Waals surface area (Å²) in [7, 11) is 0. The fourth-order valence-corrected chi connectivity index (χ4v) is 2.36. The molecule has 0 atom stereocenters. The fraction of sp³-hybridized carbons (Fsp3) is 0.286. The number of hydrogen-bond acceptors (Lipinski definition) is 4. The average Bonchev–Trinajstić information content (AvgIpc) is 3.19. The van der Waals surface area contributed by atoms with E-state index >= 15 is 0 Å². The first kappa shape index (κ1) is 14.7. The number of carboxylic acid groups (broad SMARTS) is 1. The molecule has 3 N–H and O–H groups in total. The second-order valence-electron chi connectivity index (χ2n) is 5.18. The zero-order valence-electron chi connectivity index (χ0n) is 11.5. The largest absolute Gasteiger partial charge is 0.480 e. The number of rotatable bonds is 5. The van der Waals surface area contributed by atoms with Gasteiger partial charge < -0.3 is 10.4 Å². The van der Waals surface area contributed by atoms with Gasteiger partial charge in [-0.25, -0.2) is 4.98 Å². The highest BCUT2D eigenvalue weighted by molar-refractivity contribution is 9.10. The first-order chi connectivity index (χ1) is 10.5. The van der Waals surface area contributed by atoms with Crippen LogP contribution in [0.5, 0.6) is 0 Å². The lowest BCUT2D eigenvalue weighted by molar-refractivity contribution is -0.149. The monoisotopic (exact) mass is 364 g/mol. The summed E-state index contributed by atoms with van der Waals surface area (Å²) in [6, 6.07) is 7.52. The molecule has 1 fully saturated rings. The van der Waals surface area contributed by atoms with Crippen LogP contribution < -0.4 is 5.32 Å². The van der Waals surface area contributed by atoms with Crippen molar-refractivity contribution in [1.29, 1.82) is 0 Å². The summed E-state index contributed by atoms with van der Waals surface area (Å²) in [6.07, 6.45) is 0.767. The first-order valence-electron chi connectivity index (χ1n) is 6.70. The number of carbonyl (C=O) groups excluding carboxylic acids is 1. The molecule has 0 bridgehead atoms. The third kappa shape index (κ3) is 2.74. The zero-order valence-corrected chi connectivity index (χ0v) is 13.1. The molecule has 0 unspecified atom stereocenters. The minimum atomic E-state index is -1.24. The Hall–Kier alpha value is -2.22. The quantitative estimate of drug-likeness (QED) is 0.700. The number of nitrogens with one attached hydrogen (secondary N) is 2. The molecule has 1 aliphatic carbocycles. The minimum absolute atomic E-state index is 0.122. The van der Waals surface area contributed by atoms with Crippen LogP contribution >= 0.6 is 15.9 Å². The van der Waals surface area contributed by atoms with Gasteiger partial charge in [-0.3, -0.25) is 14.7 Å². The number of H-pyrrole nitrogens is 1. The van der Waals surface area contributed by atoms with Gasteiger partial charge in [0.25, 0.3) is 0 Å². The summed E-state index contributed by atoms with van der Waals surface area (Å²) in [5, 5.41) is 18.5. The van der Waals surface area contributed by atoms with Crippen LogP contribution in [-0.2, 0) is 16.1 Å². The van der Waals surface area contributed by atoms with Crippen LogP contribution in [0.4, 0.5) is 0 Å². The molecular formula is C14H13BrN4O3. The molecule has 0 saturated heterocycles. The fourth-order valence-electron chi connectivity index (χ4n) is 2.10. The number of aliphatic carboxylic acids is 1. The molecular weight excluding hydrogens is 352 g/mol. The number of carbonyl (C=O) groups is 2. The molecule has 1 aromatic carbocycles. The van der Waals surface area contributed by atoms with Crippen molar-refractivity contribution in [3.63, 3.8) is 0 Å². The van der Waals surface area contributed by atoms with Crippen LogP contribution in [0.1, 0.15) is 18.7 Å². The van der Waals surface area contributed by atoms with Crippen molar-refractivity contribution >= 4 is 27.8 Å². The van der Waals surface area contributed by atoms with Crippen LogP contribution in [0.25, 0.3) is 11.4 Å². The second-order valence-corrected chi connectivity index (χ2v) is 6.10. The van der Waals surface area contributed by atoms with Crippen molar-refractivity contribution in [2.45, 2.75) is 19.4 Å². The molecule has 0 radical (unpaired) electrons. The topological polar surface area (TPSA) is 108 Å². The highest BCUT2D eigenvalue weighted by Gasteiger charge is 2.56. The summed E-state index contributed by atoms with van der Waals surface area (Å²) in [5.74, 6) is -0.539. The van der Waals surface area contributed by atoms with E-state index in [0.29, 0.717) is 24.5 Å². The molecule has 1 saturated carbocycles. The van der Waals surface area contributed by atoms with Gasteiger partial charge in [-0.2, -0.15) is 5.10 Å². The zero-order chi connectivity index (χ0) is 15.7. The Balaban J connectivity index is 1.64. The van der Waals surface area contributed by atoms with Gasteiger partial charge >= 0.3 is 5.97 Å². The highest BCUT2D eigenvalue weighted by Crippen LogP contribution is 2.46. The Bertz CT molecular complexity index is 722. The summed E-state index contributed by atoms with van der Waals surface area (Å²) in [5.41, 5.74) is -0.393. The van der Waals surface area contributed by atoms with E-state index in [1.54, 1.807) is 0 Å². The van der Waals surface area contributed by atoms with E-state index in [4.69, 9.17) is 5.11 Å². The molecule has 114 valence electrons. The molecule has 7 nitrogen and oxygen atoms in total. The first-order valence-corrected chi connectivity index (χ1v) is 7.49. The maximum Gasteiger partial charge on any atom is 0.319 e. The SMILES string of the molecule is O=C(O)C1(C(=O)NCc2nc(-c3ccc(Br)cc3)n[nH]2)CC1. The van der Waals surface area contributed by atoms with Crippen molar-refractivity contribution in [1.82, 2.24) is 20.5 Å². The molecule has 1 aliphatic rings. The highest BCUT2D eigenvalue weighted by atomic mass is 79.9. The van der Waals surface area contributed by atoms with Crippen LogP contribution in [0.2, 0.25) is 0 Å². The van der Waals surface area contributed by atoms with Gasteiger partial charge in [-0.15, -0.1) is 0 Å². The molecule has 1 amide bonds. The molecule has 0 aliphatic heterocycles. The Labute approximate surface area is 134 Å². The number of aromatic amines is 1. The van der Waals surface area contributed by atoms with E-state index in [-0.39, 0.29) is 6.54 Å². The number of benzene rings is 1. The van der Waals surface area contributed by atoms with Crippen molar-refractivity contribution in [3.05, 3.63) is 34.6 Å². The molecule has 1 heterocycles. The Kier molecular flexibility index (Phi) is 3.69. The number of nitrogens with zero attached hydrogens (tertiary/aromatic N) is 2. The van der Waals surface area contributed by atoms with Crippen LogP contribution in [-0.4, -0.2) is 32.2 Å². The van der Waals surface area contributed by atoms with E-state index < -0.39 is 17.3 Å². The Morgan fingerprint density at radius 3 is 2.59 bits per heavy atom. The molecule has 3 rings (SSSR count). The summed E-state index contributed by atoms with van der Waals surface area (Å²) < 4.78 is 0.961.